The lowest BCUT2D eigenvalue weighted by atomic mass is 9.92. The van der Waals surface area contributed by atoms with Crippen LogP contribution in [0.1, 0.15) is 34.4 Å². The summed E-state index contributed by atoms with van der Waals surface area (Å²) in [5.41, 5.74) is 4.47. The molecule has 0 radical (unpaired) electrons. The summed E-state index contributed by atoms with van der Waals surface area (Å²) in [6, 6.07) is 16.9. The molecular formula is C24H23FN2O3. The quantitative estimate of drug-likeness (QED) is 0.511. The van der Waals surface area contributed by atoms with Gasteiger partial charge < -0.3 is 19.2 Å². The third-order valence-corrected chi connectivity index (χ3v) is 5.86. The number of benzene rings is 2. The van der Waals surface area contributed by atoms with Crippen molar-refractivity contribution in [2.24, 2.45) is 0 Å². The third kappa shape index (κ3) is 3.18. The molecule has 1 aliphatic heterocycles. The first-order valence-corrected chi connectivity index (χ1v) is 10.0. The molecule has 0 saturated carbocycles. The smallest absolute Gasteiger partial charge is 0.165 e. The van der Waals surface area contributed by atoms with Gasteiger partial charge in [0, 0.05) is 23.1 Å². The SMILES string of the molecule is COc1cc([C@H]2c3[nH]c4ccccc4c3CCN2Cc2ccc(CO)o2)ccc1F. The van der Waals surface area contributed by atoms with Gasteiger partial charge >= 0.3 is 0 Å². The van der Waals surface area contributed by atoms with Crippen molar-refractivity contribution < 1.29 is 18.7 Å². The first-order valence-electron chi connectivity index (χ1n) is 10.0. The molecule has 5 nitrogen and oxygen atoms in total. The number of methoxy groups -OCH3 is 1. The molecule has 0 unspecified atom stereocenters. The number of para-hydroxylation sites is 1. The molecule has 6 heteroatoms. The number of nitrogens with zero attached hydrogens (tertiary/aromatic N) is 1. The van der Waals surface area contributed by atoms with E-state index < -0.39 is 0 Å². The molecule has 0 spiro atoms. The fourth-order valence-corrected chi connectivity index (χ4v) is 4.48. The Morgan fingerprint density at radius 2 is 2.00 bits per heavy atom. The summed E-state index contributed by atoms with van der Waals surface area (Å²) in [5.74, 6) is 1.20. The molecule has 2 N–H and O–H groups in total. The molecule has 0 amide bonds. The average Bonchev–Trinajstić information content (AvgIpc) is 3.38. The Labute approximate surface area is 173 Å². The molecule has 4 aromatic rings. The van der Waals surface area contributed by atoms with Gasteiger partial charge in [0.15, 0.2) is 11.6 Å². The lowest BCUT2D eigenvalue weighted by molar-refractivity contribution is 0.179. The number of H-pyrrole nitrogens is 1. The van der Waals surface area contributed by atoms with Crippen molar-refractivity contribution in [2.45, 2.75) is 25.6 Å². The second kappa shape index (κ2) is 7.63. The number of aliphatic hydroxyl groups excluding tert-OH is 1. The van der Waals surface area contributed by atoms with Gasteiger partial charge in [0.2, 0.25) is 0 Å². The van der Waals surface area contributed by atoms with Crippen LogP contribution in [0.25, 0.3) is 10.9 Å². The molecule has 0 bridgehead atoms. The van der Waals surface area contributed by atoms with Crippen LogP contribution in [0.5, 0.6) is 5.75 Å². The summed E-state index contributed by atoms with van der Waals surface area (Å²) >= 11 is 0. The number of aromatic amines is 1. The number of aliphatic hydroxyl groups is 1. The van der Waals surface area contributed by atoms with Crippen molar-refractivity contribution in [2.75, 3.05) is 13.7 Å². The number of halogens is 1. The maximum Gasteiger partial charge on any atom is 0.165 e. The van der Waals surface area contributed by atoms with Crippen LogP contribution in [-0.2, 0) is 19.6 Å². The van der Waals surface area contributed by atoms with Crippen LogP contribution in [-0.4, -0.2) is 28.6 Å². The van der Waals surface area contributed by atoms with Gasteiger partial charge in [-0.25, -0.2) is 4.39 Å². The Morgan fingerprint density at radius 1 is 1.17 bits per heavy atom. The van der Waals surface area contributed by atoms with Crippen molar-refractivity contribution in [3.63, 3.8) is 0 Å². The summed E-state index contributed by atoms with van der Waals surface area (Å²) in [6.07, 6.45) is 0.905. The van der Waals surface area contributed by atoms with E-state index in [1.54, 1.807) is 12.1 Å². The van der Waals surface area contributed by atoms with Gasteiger partial charge in [-0.15, -0.1) is 0 Å². The highest BCUT2D eigenvalue weighted by atomic mass is 19.1. The molecule has 0 saturated heterocycles. The van der Waals surface area contributed by atoms with Gasteiger partial charge in [0.05, 0.1) is 19.7 Å². The van der Waals surface area contributed by atoms with Crippen LogP contribution in [0.4, 0.5) is 4.39 Å². The van der Waals surface area contributed by atoms with E-state index in [4.69, 9.17) is 9.15 Å². The maximum absolute atomic E-state index is 14.1. The molecule has 5 rings (SSSR count). The van der Waals surface area contributed by atoms with E-state index in [9.17, 15) is 9.50 Å². The Hall–Kier alpha value is -3.09. The summed E-state index contributed by atoms with van der Waals surface area (Å²) in [6.45, 7) is 1.29. The predicted molar refractivity (Wildman–Crippen MR) is 112 cm³/mol. The standard InChI is InChI=1S/C24H23FN2O3/c1-29-22-12-15(6-9-20(22)25)24-23-19(18-4-2-3-5-21(18)26-23)10-11-27(24)13-16-7-8-17(14-28)30-16/h2-9,12,24,26,28H,10-11,13-14H2,1H3/t24-/m0/s1. The van der Waals surface area contributed by atoms with Crippen molar-refractivity contribution in [1.82, 2.24) is 9.88 Å². The molecule has 3 heterocycles. The third-order valence-electron chi connectivity index (χ3n) is 5.86. The van der Waals surface area contributed by atoms with Crippen LogP contribution in [0.3, 0.4) is 0 Å². The average molecular weight is 406 g/mol. The minimum Gasteiger partial charge on any atom is -0.494 e. The van der Waals surface area contributed by atoms with Gasteiger partial charge in [-0.3, -0.25) is 4.90 Å². The predicted octanol–water partition coefficient (Wildman–Crippen LogP) is 4.55. The minimum atomic E-state index is -0.376. The van der Waals surface area contributed by atoms with Crippen molar-refractivity contribution in [3.8, 4) is 5.75 Å². The zero-order valence-corrected chi connectivity index (χ0v) is 16.7. The fourth-order valence-electron chi connectivity index (χ4n) is 4.48. The molecule has 1 atom stereocenters. The first-order chi connectivity index (χ1) is 14.7. The summed E-state index contributed by atoms with van der Waals surface area (Å²) in [4.78, 5) is 5.91. The zero-order chi connectivity index (χ0) is 20.7. The summed E-state index contributed by atoms with van der Waals surface area (Å²) in [5, 5.41) is 10.5. The van der Waals surface area contributed by atoms with E-state index in [0.717, 1.165) is 35.5 Å². The van der Waals surface area contributed by atoms with E-state index >= 15 is 0 Å². The largest absolute Gasteiger partial charge is 0.494 e. The minimum absolute atomic E-state index is 0.0988. The van der Waals surface area contributed by atoms with Crippen LogP contribution in [0.15, 0.2) is 59.0 Å². The lowest BCUT2D eigenvalue weighted by Gasteiger charge is -2.35. The van der Waals surface area contributed by atoms with E-state index in [1.807, 2.05) is 18.2 Å². The zero-order valence-electron chi connectivity index (χ0n) is 16.7. The van der Waals surface area contributed by atoms with E-state index in [-0.39, 0.29) is 24.2 Å². The summed E-state index contributed by atoms with van der Waals surface area (Å²) < 4.78 is 25.1. The molecule has 30 heavy (non-hydrogen) atoms. The normalized spacial score (nSPS) is 16.7. The number of hydrogen-bond donors (Lipinski definition) is 2. The highest BCUT2D eigenvalue weighted by Crippen LogP contribution is 2.40. The number of nitrogens with one attached hydrogen (secondary N) is 1. The van der Waals surface area contributed by atoms with Crippen LogP contribution < -0.4 is 4.74 Å². The van der Waals surface area contributed by atoms with Gasteiger partial charge in [0.25, 0.3) is 0 Å². The molecule has 2 aromatic carbocycles. The molecule has 2 aromatic heterocycles. The first kappa shape index (κ1) is 18.9. The van der Waals surface area contributed by atoms with Crippen LogP contribution in [0, 0.1) is 5.82 Å². The van der Waals surface area contributed by atoms with Gasteiger partial charge in [-0.2, -0.15) is 0 Å². The van der Waals surface area contributed by atoms with E-state index in [0.29, 0.717) is 12.3 Å². The van der Waals surface area contributed by atoms with Crippen molar-refractivity contribution in [1.29, 1.82) is 0 Å². The molecule has 154 valence electrons. The number of ether oxygens (including phenoxy) is 1. The van der Waals surface area contributed by atoms with Crippen LogP contribution >= 0.6 is 0 Å². The Bertz CT molecular complexity index is 1200. The number of hydrogen-bond acceptors (Lipinski definition) is 4. The van der Waals surface area contributed by atoms with Crippen molar-refractivity contribution >= 4 is 10.9 Å². The van der Waals surface area contributed by atoms with E-state index in [2.05, 4.69) is 28.1 Å². The highest BCUT2D eigenvalue weighted by Gasteiger charge is 2.32. The van der Waals surface area contributed by atoms with Crippen molar-refractivity contribution in [3.05, 3.63) is 88.8 Å². The molecular weight excluding hydrogens is 383 g/mol. The molecule has 0 fully saturated rings. The fraction of sp³-hybridized carbons (Fsp3) is 0.250. The highest BCUT2D eigenvalue weighted by molar-refractivity contribution is 5.85. The van der Waals surface area contributed by atoms with Gasteiger partial charge in [-0.1, -0.05) is 24.3 Å². The number of aromatic nitrogens is 1. The van der Waals surface area contributed by atoms with Gasteiger partial charge in [-0.05, 0) is 47.9 Å². The Morgan fingerprint density at radius 3 is 2.80 bits per heavy atom. The Balaban J connectivity index is 1.61. The molecule has 1 aliphatic rings. The Kier molecular flexibility index (Phi) is 4.81. The number of furan rings is 1. The number of rotatable bonds is 5. The number of fused-ring (bicyclic) bond motifs is 3. The second-order valence-electron chi connectivity index (χ2n) is 7.61. The monoisotopic (exact) mass is 406 g/mol. The topological polar surface area (TPSA) is 61.6 Å². The van der Waals surface area contributed by atoms with Crippen LogP contribution in [0.2, 0.25) is 0 Å². The maximum atomic E-state index is 14.1. The van der Waals surface area contributed by atoms with Gasteiger partial charge in [0.1, 0.15) is 18.1 Å². The van der Waals surface area contributed by atoms with E-state index in [1.165, 1.54) is 24.1 Å². The lowest BCUT2D eigenvalue weighted by Crippen LogP contribution is -2.35. The molecule has 0 aliphatic carbocycles. The summed E-state index contributed by atoms with van der Waals surface area (Å²) in [7, 11) is 1.48. The second-order valence-corrected chi connectivity index (χ2v) is 7.61.